The summed E-state index contributed by atoms with van der Waals surface area (Å²) in [4.78, 5) is 11.5. The fraction of sp³-hybridized carbons (Fsp3) is 0.923. The van der Waals surface area contributed by atoms with Crippen molar-refractivity contribution in [1.82, 2.24) is 5.32 Å². The average Bonchev–Trinajstić information content (AvgIpc) is 2.14. The van der Waals surface area contributed by atoms with Crippen LogP contribution in [-0.4, -0.2) is 24.7 Å². The Morgan fingerprint density at radius 1 is 1.38 bits per heavy atom. The summed E-state index contributed by atoms with van der Waals surface area (Å²) in [5, 5.41) is 2.94. The van der Waals surface area contributed by atoms with Crippen molar-refractivity contribution in [2.45, 2.75) is 58.5 Å². The molecule has 0 aliphatic carbocycles. The van der Waals surface area contributed by atoms with Crippen LogP contribution in [0.15, 0.2) is 0 Å². The first-order valence-corrected chi connectivity index (χ1v) is 6.40. The predicted molar refractivity (Wildman–Crippen MR) is 65.3 cm³/mol. The molecule has 0 aromatic carbocycles. The molecule has 94 valence electrons. The summed E-state index contributed by atoms with van der Waals surface area (Å²) in [5.74, 6) is 0.669. The van der Waals surface area contributed by atoms with E-state index < -0.39 is 0 Å². The van der Waals surface area contributed by atoms with E-state index in [4.69, 9.17) is 4.74 Å². The molecule has 1 amide bonds. The fourth-order valence-corrected chi connectivity index (χ4v) is 2.09. The number of ether oxygens (including phenoxy) is 1. The van der Waals surface area contributed by atoms with Crippen LogP contribution in [0.25, 0.3) is 0 Å². The number of hydrogen-bond acceptors (Lipinski definition) is 2. The van der Waals surface area contributed by atoms with Crippen molar-refractivity contribution in [3.63, 3.8) is 0 Å². The summed E-state index contributed by atoms with van der Waals surface area (Å²) in [6, 6.07) is 0. The molecule has 0 aromatic rings. The van der Waals surface area contributed by atoms with Crippen molar-refractivity contribution in [3.8, 4) is 0 Å². The fourth-order valence-electron chi connectivity index (χ4n) is 2.09. The van der Waals surface area contributed by atoms with Gasteiger partial charge in [0.25, 0.3) is 0 Å². The number of carbonyl (C=O) groups excluding carboxylic acids is 1. The maximum absolute atomic E-state index is 11.5. The summed E-state index contributed by atoms with van der Waals surface area (Å²) in [5.41, 5.74) is -0.0110. The van der Waals surface area contributed by atoms with Crippen molar-refractivity contribution >= 4 is 5.91 Å². The van der Waals surface area contributed by atoms with Gasteiger partial charge in [-0.3, -0.25) is 4.79 Å². The van der Waals surface area contributed by atoms with E-state index in [1.165, 1.54) is 0 Å². The van der Waals surface area contributed by atoms with Gasteiger partial charge in [0.2, 0.25) is 5.91 Å². The second-order valence-electron chi connectivity index (χ2n) is 5.51. The largest absolute Gasteiger partial charge is 0.376 e. The monoisotopic (exact) mass is 227 g/mol. The number of amides is 1. The van der Waals surface area contributed by atoms with Gasteiger partial charge in [-0.25, -0.2) is 0 Å². The molecule has 1 aliphatic rings. The number of hydrogen-bond donors (Lipinski definition) is 1. The maximum atomic E-state index is 11.5. The zero-order chi connectivity index (χ0) is 12.0. The quantitative estimate of drug-likeness (QED) is 0.690. The zero-order valence-electron chi connectivity index (χ0n) is 10.8. The first-order valence-electron chi connectivity index (χ1n) is 6.40. The highest BCUT2D eigenvalue weighted by Crippen LogP contribution is 2.21. The second-order valence-corrected chi connectivity index (χ2v) is 5.51. The normalized spacial score (nSPS) is 28.7. The molecule has 1 saturated heterocycles. The lowest BCUT2D eigenvalue weighted by Crippen LogP contribution is -2.30. The third kappa shape index (κ3) is 5.50. The van der Waals surface area contributed by atoms with E-state index in [-0.39, 0.29) is 11.5 Å². The average molecular weight is 227 g/mol. The van der Waals surface area contributed by atoms with Crippen LogP contribution >= 0.6 is 0 Å². The lowest BCUT2D eigenvalue weighted by molar-refractivity contribution is -0.122. The smallest absolute Gasteiger partial charge is 0.220 e. The number of carbonyl (C=O) groups is 1. The van der Waals surface area contributed by atoms with E-state index in [1.54, 1.807) is 0 Å². The molecular weight excluding hydrogens is 202 g/mol. The molecule has 1 rings (SSSR count). The minimum atomic E-state index is -0.0110. The minimum Gasteiger partial charge on any atom is -0.376 e. The third-order valence-electron chi connectivity index (χ3n) is 3.15. The van der Waals surface area contributed by atoms with Gasteiger partial charge in [0.1, 0.15) is 0 Å². The lowest BCUT2D eigenvalue weighted by Gasteiger charge is -2.26. The molecule has 0 spiro atoms. The molecule has 1 heterocycles. The molecule has 1 unspecified atom stereocenters. The molecule has 0 radical (unpaired) electrons. The van der Waals surface area contributed by atoms with E-state index in [0.717, 1.165) is 38.8 Å². The van der Waals surface area contributed by atoms with Crippen LogP contribution in [0.5, 0.6) is 0 Å². The van der Waals surface area contributed by atoms with Gasteiger partial charge in [-0.15, -0.1) is 0 Å². The molecule has 0 saturated carbocycles. The van der Waals surface area contributed by atoms with Crippen molar-refractivity contribution in [2.24, 2.45) is 5.92 Å². The van der Waals surface area contributed by atoms with Crippen LogP contribution in [0.2, 0.25) is 0 Å². The van der Waals surface area contributed by atoms with Gasteiger partial charge in [0.15, 0.2) is 0 Å². The highest BCUT2D eigenvalue weighted by molar-refractivity contribution is 5.76. The summed E-state index contributed by atoms with van der Waals surface area (Å²) >= 11 is 0. The second kappa shape index (κ2) is 6.24. The van der Waals surface area contributed by atoms with Gasteiger partial charge in [0.05, 0.1) is 5.60 Å². The van der Waals surface area contributed by atoms with Gasteiger partial charge >= 0.3 is 0 Å². The van der Waals surface area contributed by atoms with Crippen molar-refractivity contribution < 1.29 is 9.53 Å². The molecule has 16 heavy (non-hydrogen) atoms. The minimum absolute atomic E-state index is 0.0110. The predicted octanol–water partition coefficient (Wildman–Crippen LogP) is 2.50. The van der Waals surface area contributed by atoms with E-state index in [1.807, 2.05) is 0 Å². The van der Waals surface area contributed by atoms with Gasteiger partial charge in [0, 0.05) is 19.6 Å². The summed E-state index contributed by atoms with van der Waals surface area (Å²) in [6.07, 6.45) is 4.91. The first kappa shape index (κ1) is 13.5. The van der Waals surface area contributed by atoms with Crippen LogP contribution < -0.4 is 5.32 Å². The van der Waals surface area contributed by atoms with Gasteiger partial charge < -0.3 is 10.1 Å². The summed E-state index contributed by atoms with van der Waals surface area (Å²) < 4.78 is 5.82. The highest BCUT2D eigenvalue weighted by Gasteiger charge is 2.19. The molecule has 1 N–H and O–H groups in total. The first-order chi connectivity index (χ1) is 7.49. The molecule has 1 aliphatic heterocycles. The zero-order valence-corrected chi connectivity index (χ0v) is 10.8. The van der Waals surface area contributed by atoms with E-state index in [2.05, 4.69) is 26.1 Å². The molecule has 3 nitrogen and oxygen atoms in total. The summed E-state index contributed by atoms with van der Waals surface area (Å²) in [7, 11) is 0. The van der Waals surface area contributed by atoms with Crippen LogP contribution in [-0.2, 0) is 9.53 Å². The molecule has 1 fully saturated rings. The number of nitrogens with one attached hydrogen (secondary N) is 1. The van der Waals surface area contributed by atoms with Crippen LogP contribution in [0, 0.1) is 5.92 Å². The van der Waals surface area contributed by atoms with Crippen molar-refractivity contribution in [1.29, 1.82) is 0 Å². The Morgan fingerprint density at radius 3 is 2.88 bits per heavy atom. The molecule has 3 heteroatoms. The van der Waals surface area contributed by atoms with Crippen LogP contribution in [0.1, 0.15) is 52.9 Å². The van der Waals surface area contributed by atoms with E-state index in [9.17, 15) is 4.79 Å². The van der Waals surface area contributed by atoms with E-state index in [0.29, 0.717) is 12.3 Å². The highest BCUT2D eigenvalue weighted by atomic mass is 16.5. The van der Waals surface area contributed by atoms with Crippen LogP contribution in [0.4, 0.5) is 0 Å². The third-order valence-corrected chi connectivity index (χ3v) is 3.15. The molecule has 0 aromatic heterocycles. The topological polar surface area (TPSA) is 38.3 Å². The Hall–Kier alpha value is -0.570. The Kier molecular flexibility index (Phi) is 5.26. The maximum Gasteiger partial charge on any atom is 0.220 e. The standard InChI is InChI=1S/C13H25NO2/c1-11-6-4-7-13(2,3)16-9-5-8-14-12(15)10-11/h11H,4-10H2,1-3H3,(H,14,15). The van der Waals surface area contributed by atoms with Gasteiger partial charge in [-0.1, -0.05) is 19.8 Å². The van der Waals surface area contributed by atoms with Crippen molar-refractivity contribution in [2.75, 3.05) is 13.2 Å². The Bertz CT molecular complexity index is 226. The molecular formula is C13H25NO2. The SMILES string of the molecule is CC1CCCC(C)(C)OCCCNC(=O)C1. The van der Waals surface area contributed by atoms with Gasteiger partial charge in [-0.2, -0.15) is 0 Å². The van der Waals surface area contributed by atoms with Crippen molar-refractivity contribution in [3.05, 3.63) is 0 Å². The molecule has 1 atom stereocenters. The lowest BCUT2D eigenvalue weighted by atomic mass is 9.94. The van der Waals surface area contributed by atoms with Gasteiger partial charge in [-0.05, 0) is 32.6 Å². The Labute approximate surface area is 98.9 Å². The molecule has 0 bridgehead atoms. The Morgan fingerprint density at radius 2 is 2.12 bits per heavy atom. The number of rotatable bonds is 0. The van der Waals surface area contributed by atoms with Crippen LogP contribution in [0.3, 0.4) is 0 Å². The summed E-state index contributed by atoms with van der Waals surface area (Å²) in [6.45, 7) is 7.94. The Balaban J connectivity index is 2.43. The van der Waals surface area contributed by atoms with E-state index >= 15 is 0 Å².